The van der Waals surface area contributed by atoms with E-state index in [0.717, 1.165) is 16.8 Å². The molecule has 1 N–H and O–H groups in total. The maximum absolute atomic E-state index is 13.5. The molecule has 1 aromatic heterocycles. The number of nitrogens with zero attached hydrogens (tertiary/aromatic N) is 2. The van der Waals surface area contributed by atoms with Crippen LogP contribution in [0.1, 0.15) is 18.1 Å². The molecule has 0 saturated carbocycles. The van der Waals surface area contributed by atoms with Crippen LogP contribution in [0, 0.1) is 13.8 Å². The van der Waals surface area contributed by atoms with Crippen molar-refractivity contribution in [3.8, 4) is 5.69 Å². The van der Waals surface area contributed by atoms with Gasteiger partial charge in [0, 0.05) is 0 Å². The molecule has 0 spiro atoms. The van der Waals surface area contributed by atoms with Gasteiger partial charge in [-0.05, 0) is 62.2 Å². The van der Waals surface area contributed by atoms with Gasteiger partial charge in [-0.15, -0.1) is 0 Å². The summed E-state index contributed by atoms with van der Waals surface area (Å²) in [5, 5.41) is 3.84. The fraction of sp³-hybridized carbons (Fsp3) is 0.160. The van der Waals surface area contributed by atoms with Crippen LogP contribution in [0.4, 0.5) is 5.69 Å². The fourth-order valence-electron chi connectivity index (χ4n) is 3.43. The van der Waals surface area contributed by atoms with Crippen molar-refractivity contribution in [1.82, 2.24) is 9.55 Å². The second kappa shape index (κ2) is 9.59. The average Bonchev–Trinajstić information content (AvgIpc) is 2.79. The second-order valence-corrected chi connectivity index (χ2v) is 9.71. The van der Waals surface area contributed by atoms with Crippen molar-refractivity contribution in [3.63, 3.8) is 0 Å². The zero-order chi connectivity index (χ0) is 23.7. The standard InChI is InChI=1S/C25H21Cl2N3O2S/c1-14-8-6-13-21(15(14)2)30-24(32)17-9-4-5-11-19(17)29-25(30)33-16(3)23(31)28-20-12-7-10-18(26)22(20)27/h4-13,16H,1-3H3,(H,28,31). The number of carbonyl (C=O) groups excluding carboxylic acids is 1. The first-order valence-corrected chi connectivity index (χ1v) is 11.9. The molecule has 1 heterocycles. The first-order chi connectivity index (χ1) is 15.8. The Morgan fingerprint density at radius 3 is 2.55 bits per heavy atom. The third-order valence-corrected chi connectivity index (χ3v) is 7.29. The van der Waals surface area contributed by atoms with Gasteiger partial charge in [-0.25, -0.2) is 4.98 Å². The summed E-state index contributed by atoms with van der Waals surface area (Å²) in [7, 11) is 0. The molecule has 0 aliphatic carbocycles. The number of amides is 1. The van der Waals surface area contributed by atoms with Crippen molar-refractivity contribution in [2.75, 3.05) is 5.32 Å². The predicted octanol–water partition coefficient (Wildman–Crippen LogP) is 6.43. The molecular weight excluding hydrogens is 477 g/mol. The van der Waals surface area contributed by atoms with E-state index in [2.05, 4.69) is 5.32 Å². The largest absolute Gasteiger partial charge is 0.324 e. The molecule has 4 rings (SSSR count). The van der Waals surface area contributed by atoms with Gasteiger partial charge in [-0.1, -0.05) is 65.3 Å². The molecule has 33 heavy (non-hydrogen) atoms. The second-order valence-electron chi connectivity index (χ2n) is 7.62. The van der Waals surface area contributed by atoms with Gasteiger partial charge in [0.05, 0.1) is 37.6 Å². The number of benzene rings is 3. The molecule has 1 atom stereocenters. The van der Waals surface area contributed by atoms with Gasteiger partial charge in [0.1, 0.15) is 0 Å². The van der Waals surface area contributed by atoms with Crippen LogP contribution < -0.4 is 10.9 Å². The van der Waals surface area contributed by atoms with Crippen molar-refractivity contribution in [2.24, 2.45) is 0 Å². The highest BCUT2D eigenvalue weighted by molar-refractivity contribution is 8.00. The number of nitrogens with one attached hydrogen (secondary N) is 1. The van der Waals surface area contributed by atoms with Gasteiger partial charge in [0.25, 0.3) is 5.56 Å². The lowest BCUT2D eigenvalue weighted by atomic mass is 10.1. The molecule has 4 aromatic rings. The van der Waals surface area contributed by atoms with Gasteiger partial charge in [-0.2, -0.15) is 0 Å². The molecule has 0 aliphatic heterocycles. The average molecular weight is 498 g/mol. The highest BCUT2D eigenvalue weighted by Crippen LogP contribution is 2.31. The monoisotopic (exact) mass is 497 g/mol. The van der Waals surface area contributed by atoms with Gasteiger partial charge >= 0.3 is 0 Å². The molecular formula is C25H21Cl2N3O2S. The topological polar surface area (TPSA) is 64.0 Å². The van der Waals surface area contributed by atoms with Crippen molar-refractivity contribution < 1.29 is 4.79 Å². The Morgan fingerprint density at radius 1 is 1.03 bits per heavy atom. The molecule has 168 valence electrons. The number of hydrogen-bond acceptors (Lipinski definition) is 4. The highest BCUT2D eigenvalue weighted by Gasteiger charge is 2.22. The van der Waals surface area contributed by atoms with Crippen LogP contribution in [-0.4, -0.2) is 20.7 Å². The van der Waals surface area contributed by atoms with Crippen molar-refractivity contribution in [1.29, 1.82) is 0 Å². The van der Waals surface area contributed by atoms with Crippen molar-refractivity contribution in [3.05, 3.63) is 92.2 Å². The molecule has 0 saturated heterocycles. The molecule has 1 amide bonds. The SMILES string of the molecule is Cc1cccc(-n2c(SC(C)C(=O)Nc3cccc(Cl)c3Cl)nc3ccccc3c2=O)c1C. The number of halogens is 2. The number of carbonyl (C=O) groups is 1. The molecule has 5 nitrogen and oxygen atoms in total. The normalized spacial score (nSPS) is 12.0. The van der Waals surface area contributed by atoms with Crippen LogP contribution in [0.5, 0.6) is 0 Å². The first-order valence-electron chi connectivity index (χ1n) is 10.3. The van der Waals surface area contributed by atoms with Crippen LogP contribution in [0.25, 0.3) is 16.6 Å². The Kier molecular flexibility index (Phi) is 6.79. The minimum absolute atomic E-state index is 0.178. The summed E-state index contributed by atoms with van der Waals surface area (Å²) in [6.07, 6.45) is 0. The van der Waals surface area contributed by atoms with Crippen LogP contribution in [0.3, 0.4) is 0 Å². The Balaban J connectivity index is 1.76. The Morgan fingerprint density at radius 2 is 1.76 bits per heavy atom. The summed E-state index contributed by atoms with van der Waals surface area (Å²) < 4.78 is 1.59. The summed E-state index contributed by atoms with van der Waals surface area (Å²) in [5.41, 5.74) is 3.61. The van der Waals surface area contributed by atoms with Gasteiger partial charge in [-0.3, -0.25) is 14.2 Å². The van der Waals surface area contributed by atoms with Crippen molar-refractivity contribution >= 4 is 57.5 Å². The number of fused-ring (bicyclic) bond motifs is 1. The van der Waals surface area contributed by atoms with E-state index < -0.39 is 5.25 Å². The van der Waals surface area contributed by atoms with E-state index in [0.29, 0.717) is 26.8 Å². The Labute approximate surface area is 205 Å². The van der Waals surface area contributed by atoms with E-state index in [4.69, 9.17) is 28.2 Å². The van der Waals surface area contributed by atoms with E-state index in [1.54, 1.807) is 41.8 Å². The minimum Gasteiger partial charge on any atom is -0.324 e. The predicted molar refractivity (Wildman–Crippen MR) is 137 cm³/mol. The maximum Gasteiger partial charge on any atom is 0.266 e. The molecule has 3 aromatic carbocycles. The van der Waals surface area contributed by atoms with Gasteiger partial charge < -0.3 is 5.32 Å². The first kappa shape index (κ1) is 23.4. The zero-order valence-corrected chi connectivity index (χ0v) is 20.6. The molecule has 8 heteroatoms. The molecule has 0 radical (unpaired) electrons. The number of para-hydroxylation sites is 1. The van der Waals surface area contributed by atoms with E-state index >= 15 is 0 Å². The number of anilines is 1. The molecule has 0 fully saturated rings. The van der Waals surface area contributed by atoms with Crippen LogP contribution in [0.2, 0.25) is 10.0 Å². The van der Waals surface area contributed by atoms with E-state index in [1.165, 1.54) is 11.8 Å². The number of thioether (sulfide) groups is 1. The maximum atomic E-state index is 13.5. The smallest absolute Gasteiger partial charge is 0.266 e. The highest BCUT2D eigenvalue weighted by atomic mass is 35.5. The Bertz CT molecular complexity index is 1440. The lowest BCUT2D eigenvalue weighted by Crippen LogP contribution is -2.26. The number of aromatic nitrogens is 2. The minimum atomic E-state index is -0.565. The van der Waals surface area contributed by atoms with E-state index in [1.807, 2.05) is 44.2 Å². The van der Waals surface area contributed by atoms with Gasteiger partial charge in [0.2, 0.25) is 5.91 Å². The van der Waals surface area contributed by atoms with E-state index in [9.17, 15) is 9.59 Å². The summed E-state index contributed by atoms with van der Waals surface area (Å²) in [6.45, 7) is 5.72. The summed E-state index contributed by atoms with van der Waals surface area (Å²) in [6, 6.07) is 18.1. The third-order valence-electron chi connectivity index (χ3n) is 5.42. The number of rotatable bonds is 5. The number of aryl methyl sites for hydroxylation is 1. The van der Waals surface area contributed by atoms with E-state index in [-0.39, 0.29) is 16.5 Å². The van der Waals surface area contributed by atoms with Crippen molar-refractivity contribution in [2.45, 2.75) is 31.2 Å². The number of hydrogen-bond donors (Lipinski definition) is 1. The fourth-order valence-corrected chi connectivity index (χ4v) is 4.70. The van der Waals surface area contributed by atoms with Crippen LogP contribution >= 0.6 is 35.0 Å². The summed E-state index contributed by atoms with van der Waals surface area (Å²) in [5.74, 6) is -0.279. The zero-order valence-electron chi connectivity index (χ0n) is 18.2. The van der Waals surface area contributed by atoms with Crippen LogP contribution in [-0.2, 0) is 4.79 Å². The molecule has 0 aliphatic rings. The third kappa shape index (κ3) is 4.64. The summed E-state index contributed by atoms with van der Waals surface area (Å²) in [4.78, 5) is 31.2. The lowest BCUT2D eigenvalue weighted by Gasteiger charge is -2.18. The van der Waals surface area contributed by atoms with Crippen LogP contribution in [0.15, 0.2) is 70.6 Å². The summed E-state index contributed by atoms with van der Waals surface area (Å²) >= 11 is 13.5. The Hall–Kier alpha value is -2.80. The van der Waals surface area contributed by atoms with Gasteiger partial charge in [0.15, 0.2) is 5.16 Å². The molecule has 1 unspecified atom stereocenters. The molecule has 0 bridgehead atoms. The quantitative estimate of drug-likeness (QED) is 0.255. The lowest BCUT2D eigenvalue weighted by molar-refractivity contribution is -0.115.